The fourth-order valence-corrected chi connectivity index (χ4v) is 2.88. The van der Waals surface area contributed by atoms with Crippen molar-refractivity contribution in [2.24, 2.45) is 5.10 Å². The summed E-state index contributed by atoms with van der Waals surface area (Å²) < 4.78 is 1.89. The molecule has 2 aromatic rings. The third-order valence-corrected chi connectivity index (χ3v) is 4.42. The van der Waals surface area contributed by atoms with Gasteiger partial charge in [0.25, 0.3) is 5.56 Å². The molecule has 0 unspecified atom stereocenters. The number of aromatic hydroxyl groups is 1. The minimum atomic E-state index is -0.699. The zero-order valence-corrected chi connectivity index (χ0v) is 14.5. The first-order chi connectivity index (χ1) is 11.6. The third kappa shape index (κ3) is 3.43. The monoisotopic (exact) mass is 392 g/mol. The van der Waals surface area contributed by atoms with Crippen LogP contribution in [0.3, 0.4) is 0 Å². The van der Waals surface area contributed by atoms with Gasteiger partial charge in [0.15, 0.2) is 0 Å². The van der Waals surface area contributed by atoms with Crippen LogP contribution in [0.4, 0.5) is 0 Å². The quantitative estimate of drug-likeness (QED) is 0.779. The number of piperidine rings is 1. The number of H-pyrrole nitrogens is 1. The second-order valence-corrected chi connectivity index (χ2v) is 6.48. The van der Waals surface area contributed by atoms with Gasteiger partial charge in [-0.3, -0.25) is 14.8 Å². The SMILES string of the molecule is O=c1[nH]c(=O)n(-c2ccc(Br)cc2)c(O)c1C=NN1CCCCC1. The zero-order chi connectivity index (χ0) is 17.1. The molecule has 126 valence electrons. The average Bonchev–Trinajstić information content (AvgIpc) is 2.57. The van der Waals surface area contributed by atoms with E-state index in [1.54, 1.807) is 24.3 Å². The van der Waals surface area contributed by atoms with Gasteiger partial charge in [0, 0.05) is 17.6 Å². The Balaban J connectivity index is 2.02. The maximum atomic E-state index is 12.1. The van der Waals surface area contributed by atoms with Crippen molar-refractivity contribution in [2.75, 3.05) is 13.1 Å². The molecule has 0 radical (unpaired) electrons. The van der Waals surface area contributed by atoms with Crippen LogP contribution in [0.25, 0.3) is 5.69 Å². The molecule has 7 nitrogen and oxygen atoms in total. The van der Waals surface area contributed by atoms with Crippen molar-refractivity contribution in [2.45, 2.75) is 19.3 Å². The molecule has 0 amide bonds. The predicted octanol–water partition coefficient (Wildman–Crippen LogP) is 1.81. The summed E-state index contributed by atoms with van der Waals surface area (Å²) in [7, 11) is 0. The molecule has 1 fully saturated rings. The highest BCUT2D eigenvalue weighted by Gasteiger charge is 2.15. The lowest BCUT2D eigenvalue weighted by atomic mass is 10.2. The summed E-state index contributed by atoms with van der Waals surface area (Å²) in [4.78, 5) is 26.3. The second kappa shape index (κ2) is 7.04. The van der Waals surface area contributed by atoms with E-state index >= 15 is 0 Å². The summed E-state index contributed by atoms with van der Waals surface area (Å²) in [6.45, 7) is 1.64. The van der Waals surface area contributed by atoms with Crippen LogP contribution >= 0.6 is 15.9 Å². The summed E-state index contributed by atoms with van der Waals surface area (Å²) in [5.41, 5.74) is -0.950. The van der Waals surface area contributed by atoms with E-state index in [1.807, 2.05) is 5.01 Å². The fourth-order valence-electron chi connectivity index (χ4n) is 2.62. The smallest absolute Gasteiger partial charge is 0.335 e. The average molecular weight is 393 g/mol. The van der Waals surface area contributed by atoms with Gasteiger partial charge in [-0.1, -0.05) is 15.9 Å². The normalized spacial score (nSPS) is 15.1. The summed E-state index contributed by atoms with van der Waals surface area (Å²) in [6, 6.07) is 6.81. The number of benzene rings is 1. The van der Waals surface area contributed by atoms with Gasteiger partial charge >= 0.3 is 5.69 Å². The van der Waals surface area contributed by atoms with E-state index in [9.17, 15) is 14.7 Å². The zero-order valence-electron chi connectivity index (χ0n) is 12.9. The molecule has 2 N–H and O–H groups in total. The van der Waals surface area contributed by atoms with Crippen molar-refractivity contribution >= 4 is 22.1 Å². The Morgan fingerprint density at radius 2 is 1.79 bits per heavy atom. The Bertz CT molecular complexity index is 864. The van der Waals surface area contributed by atoms with Gasteiger partial charge in [-0.05, 0) is 43.5 Å². The Morgan fingerprint density at radius 3 is 2.46 bits per heavy atom. The van der Waals surface area contributed by atoms with Crippen molar-refractivity contribution in [1.82, 2.24) is 14.6 Å². The first-order valence-corrected chi connectivity index (χ1v) is 8.49. The number of hydrogen-bond acceptors (Lipinski definition) is 5. The van der Waals surface area contributed by atoms with Crippen LogP contribution < -0.4 is 11.2 Å². The summed E-state index contributed by atoms with van der Waals surface area (Å²) in [6.07, 6.45) is 4.59. The number of halogens is 1. The number of nitrogens with one attached hydrogen (secondary N) is 1. The number of aromatic amines is 1. The van der Waals surface area contributed by atoms with Gasteiger partial charge in [-0.2, -0.15) is 5.10 Å². The summed E-state index contributed by atoms with van der Waals surface area (Å²) >= 11 is 3.32. The Morgan fingerprint density at radius 1 is 1.12 bits per heavy atom. The Kier molecular flexibility index (Phi) is 4.84. The van der Waals surface area contributed by atoms with E-state index in [0.717, 1.165) is 35.0 Å². The van der Waals surface area contributed by atoms with Crippen LogP contribution in [0.2, 0.25) is 0 Å². The van der Waals surface area contributed by atoms with E-state index < -0.39 is 17.1 Å². The van der Waals surface area contributed by atoms with Crippen molar-refractivity contribution in [3.63, 3.8) is 0 Å². The van der Waals surface area contributed by atoms with Gasteiger partial charge in [-0.25, -0.2) is 9.36 Å². The molecule has 3 rings (SSSR count). The van der Waals surface area contributed by atoms with E-state index in [-0.39, 0.29) is 5.56 Å². The molecule has 0 saturated carbocycles. The molecule has 2 heterocycles. The van der Waals surface area contributed by atoms with Gasteiger partial charge in [-0.15, -0.1) is 0 Å². The Labute approximate surface area is 146 Å². The second-order valence-electron chi connectivity index (χ2n) is 5.57. The lowest BCUT2D eigenvalue weighted by Gasteiger charge is -2.23. The van der Waals surface area contributed by atoms with Gasteiger partial charge in [0.1, 0.15) is 5.56 Å². The van der Waals surface area contributed by atoms with Crippen molar-refractivity contribution in [1.29, 1.82) is 0 Å². The molecule has 0 spiro atoms. The van der Waals surface area contributed by atoms with Crippen LogP contribution in [-0.2, 0) is 0 Å². The third-order valence-electron chi connectivity index (χ3n) is 3.89. The van der Waals surface area contributed by atoms with Gasteiger partial charge in [0.2, 0.25) is 5.88 Å². The summed E-state index contributed by atoms with van der Waals surface area (Å²) in [5, 5.41) is 16.5. The van der Waals surface area contributed by atoms with E-state index in [2.05, 4.69) is 26.0 Å². The minimum Gasteiger partial charge on any atom is -0.493 e. The highest BCUT2D eigenvalue weighted by Crippen LogP contribution is 2.18. The lowest BCUT2D eigenvalue weighted by molar-refractivity contribution is 0.240. The van der Waals surface area contributed by atoms with Crippen LogP contribution in [0.5, 0.6) is 5.88 Å². The highest BCUT2D eigenvalue weighted by atomic mass is 79.9. The van der Waals surface area contributed by atoms with Crippen LogP contribution in [0, 0.1) is 0 Å². The van der Waals surface area contributed by atoms with Gasteiger partial charge in [0.05, 0.1) is 11.9 Å². The largest absolute Gasteiger partial charge is 0.493 e. The maximum absolute atomic E-state index is 12.1. The molecule has 1 aromatic carbocycles. The number of hydrogen-bond donors (Lipinski definition) is 2. The van der Waals surface area contributed by atoms with Crippen LogP contribution in [-0.4, -0.2) is 39.0 Å². The highest BCUT2D eigenvalue weighted by molar-refractivity contribution is 9.10. The maximum Gasteiger partial charge on any atom is 0.335 e. The molecule has 1 aromatic heterocycles. The number of nitrogens with zero attached hydrogens (tertiary/aromatic N) is 3. The standard InChI is InChI=1S/C16H17BrN4O3/c17-11-4-6-12(7-5-11)21-15(23)13(14(22)19-16(21)24)10-18-20-8-2-1-3-9-20/h4-7,10,23H,1-3,8-9H2,(H,19,22,24). The molecule has 1 saturated heterocycles. The van der Waals surface area contributed by atoms with E-state index in [0.29, 0.717) is 5.69 Å². The first kappa shape index (κ1) is 16.5. The number of rotatable bonds is 3. The number of aromatic nitrogens is 2. The molecule has 1 aliphatic rings. The molecule has 8 heteroatoms. The molecule has 0 atom stereocenters. The molecule has 24 heavy (non-hydrogen) atoms. The molecule has 0 bridgehead atoms. The lowest BCUT2D eigenvalue weighted by Crippen LogP contribution is -2.32. The van der Waals surface area contributed by atoms with Crippen molar-refractivity contribution in [3.05, 3.63) is 55.1 Å². The van der Waals surface area contributed by atoms with Crippen molar-refractivity contribution < 1.29 is 5.11 Å². The minimum absolute atomic E-state index is 0.0388. The fraction of sp³-hybridized carbons (Fsp3) is 0.312. The summed E-state index contributed by atoms with van der Waals surface area (Å²) in [5.74, 6) is -0.424. The molecular weight excluding hydrogens is 376 g/mol. The van der Waals surface area contributed by atoms with Crippen molar-refractivity contribution in [3.8, 4) is 11.6 Å². The molecule has 1 aliphatic heterocycles. The van der Waals surface area contributed by atoms with Crippen LogP contribution in [0.1, 0.15) is 24.8 Å². The van der Waals surface area contributed by atoms with E-state index in [4.69, 9.17) is 0 Å². The van der Waals surface area contributed by atoms with Crippen LogP contribution in [0.15, 0.2) is 43.4 Å². The van der Waals surface area contributed by atoms with Gasteiger partial charge < -0.3 is 5.11 Å². The predicted molar refractivity (Wildman–Crippen MR) is 95.0 cm³/mol. The number of hydrazone groups is 1. The van der Waals surface area contributed by atoms with E-state index in [1.165, 1.54) is 12.6 Å². The topological polar surface area (TPSA) is 90.7 Å². The first-order valence-electron chi connectivity index (χ1n) is 7.69. The Hall–Kier alpha value is -2.35. The molecular formula is C16H17BrN4O3. The molecule has 0 aliphatic carbocycles.